The molecule has 1 aliphatic rings. The van der Waals surface area contributed by atoms with Gasteiger partial charge in [0.25, 0.3) is 5.91 Å². The van der Waals surface area contributed by atoms with Crippen LogP contribution in [0.15, 0.2) is 114 Å². The maximum atomic E-state index is 12.9. The largest absolute Gasteiger partial charge is 0.397 e. The first-order valence-electron chi connectivity index (χ1n) is 13.0. The van der Waals surface area contributed by atoms with Crippen molar-refractivity contribution in [3.63, 3.8) is 0 Å². The van der Waals surface area contributed by atoms with Crippen LogP contribution >= 0.6 is 0 Å². The molecule has 0 aromatic heterocycles. The molecule has 5 N–H and O–H groups in total. The molecule has 6 heteroatoms. The van der Waals surface area contributed by atoms with Gasteiger partial charge in [0.2, 0.25) is 5.91 Å². The summed E-state index contributed by atoms with van der Waals surface area (Å²) in [6.45, 7) is 6.79. The molecule has 4 rings (SSSR count). The summed E-state index contributed by atoms with van der Waals surface area (Å²) >= 11 is 0. The van der Waals surface area contributed by atoms with Crippen LogP contribution in [0.25, 0.3) is 16.7 Å². The number of amides is 2. The zero-order valence-electron chi connectivity index (χ0n) is 22.5. The van der Waals surface area contributed by atoms with E-state index in [1.165, 1.54) is 0 Å². The molecule has 3 aromatic carbocycles. The Bertz CT molecular complexity index is 1460. The monoisotopic (exact) mass is 518 g/mol. The molecule has 0 radical (unpaired) electrons. The molecule has 0 saturated carbocycles. The predicted octanol–water partition coefficient (Wildman–Crippen LogP) is 5.82. The third-order valence-corrected chi connectivity index (χ3v) is 6.26. The van der Waals surface area contributed by atoms with E-state index in [-0.39, 0.29) is 11.8 Å². The van der Waals surface area contributed by atoms with Crippen LogP contribution in [0.3, 0.4) is 0 Å². The van der Waals surface area contributed by atoms with E-state index in [0.29, 0.717) is 30.0 Å². The van der Waals surface area contributed by atoms with E-state index in [9.17, 15) is 9.59 Å². The van der Waals surface area contributed by atoms with Crippen molar-refractivity contribution >= 4 is 28.8 Å². The number of fused-ring (bicyclic) bond motifs is 3. The Balaban J connectivity index is 1.34. The molecule has 3 aromatic rings. The van der Waals surface area contributed by atoms with Gasteiger partial charge in [0, 0.05) is 30.4 Å². The summed E-state index contributed by atoms with van der Waals surface area (Å²) in [7, 11) is 0. The minimum atomic E-state index is -0.242. The summed E-state index contributed by atoms with van der Waals surface area (Å²) < 4.78 is 0. The molecule has 0 bridgehead atoms. The second-order valence-electron chi connectivity index (χ2n) is 9.60. The smallest absolute Gasteiger partial charge is 0.255 e. The van der Waals surface area contributed by atoms with Crippen molar-refractivity contribution in [2.75, 3.05) is 24.1 Å². The molecule has 0 aliphatic heterocycles. The molecule has 0 spiro atoms. The number of para-hydroxylation sites is 2. The van der Waals surface area contributed by atoms with Crippen LogP contribution in [0.4, 0.5) is 11.4 Å². The fourth-order valence-corrected chi connectivity index (χ4v) is 4.41. The topological polar surface area (TPSA) is 96.2 Å². The lowest BCUT2D eigenvalue weighted by molar-refractivity contribution is -0.116. The molecule has 39 heavy (non-hydrogen) atoms. The van der Waals surface area contributed by atoms with Crippen LogP contribution in [0.5, 0.6) is 0 Å². The summed E-state index contributed by atoms with van der Waals surface area (Å²) in [6, 6.07) is 23.5. The van der Waals surface area contributed by atoms with Gasteiger partial charge in [-0.3, -0.25) is 9.59 Å². The highest BCUT2D eigenvalue weighted by atomic mass is 16.2. The predicted molar refractivity (Wildman–Crippen MR) is 161 cm³/mol. The Morgan fingerprint density at radius 3 is 1.92 bits per heavy atom. The van der Waals surface area contributed by atoms with E-state index >= 15 is 0 Å². The first-order chi connectivity index (χ1) is 18.8. The van der Waals surface area contributed by atoms with Gasteiger partial charge in [-0.25, -0.2) is 0 Å². The quantitative estimate of drug-likeness (QED) is 0.0971. The SMILES string of the molecule is CC(C)=C/C(=C\C=C(/C)NCCNC(=O)C=C1c2ccccc2-c2ccccc21)C(=O)Nc1ccccc1N. The average Bonchev–Trinajstić information content (AvgIpc) is 3.23. The number of nitrogens with one attached hydrogen (secondary N) is 3. The van der Waals surface area contributed by atoms with Crippen molar-refractivity contribution in [3.8, 4) is 11.1 Å². The Hall–Kier alpha value is -4.84. The van der Waals surface area contributed by atoms with Gasteiger partial charge in [-0.15, -0.1) is 0 Å². The van der Waals surface area contributed by atoms with Crippen LogP contribution in [0, 0.1) is 0 Å². The van der Waals surface area contributed by atoms with Gasteiger partial charge in [0.05, 0.1) is 11.4 Å². The van der Waals surface area contributed by atoms with Crippen molar-refractivity contribution < 1.29 is 9.59 Å². The third-order valence-electron chi connectivity index (χ3n) is 6.26. The fourth-order valence-electron chi connectivity index (χ4n) is 4.41. The normalized spacial score (nSPS) is 12.2. The number of anilines is 2. The number of carbonyl (C=O) groups is 2. The Kier molecular flexibility index (Phi) is 8.79. The molecule has 0 unspecified atom stereocenters. The number of nitrogens with two attached hydrogens (primary N) is 1. The minimum Gasteiger partial charge on any atom is -0.397 e. The number of carbonyl (C=O) groups excluding carboxylic acids is 2. The van der Waals surface area contributed by atoms with Crippen LogP contribution in [0.2, 0.25) is 0 Å². The van der Waals surface area contributed by atoms with E-state index < -0.39 is 0 Å². The minimum absolute atomic E-state index is 0.137. The number of allylic oxidation sites excluding steroid dienone is 4. The third kappa shape index (κ3) is 6.93. The van der Waals surface area contributed by atoms with E-state index in [0.717, 1.165) is 39.1 Å². The molecule has 198 valence electrons. The van der Waals surface area contributed by atoms with Gasteiger partial charge >= 0.3 is 0 Å². The van der Waals surface area contributed by atoms with E-state index in [1.807, 2.05) is 69.3 Å². The lowest BCUT2D eigenvalue weighted by atomic mass is 10.0. The van der Waals surface area contributed by atoms with Gasteiger partial charge in [0.1, 0.15) is 0 Å². The maximum absolute atomic E-state index is 12.9. The summed E-state index contributed by atoms with van der Waals surface area (Å²) in [5.74, 6) is -0.379. The molecule has 2 amide bonds. The van der Waals surface area contributed by atoms with Crippen molar-refractivity contribution in [3.05, 3.63) is 125 Å². The Labute approximate surface area is 230 Å². The summed E-state index contributed by atoms with van der Waals surface area (Å²) in [5, 5.41) is 9.11. The second-order valence-corrected chi connectivity index (χ2v) is 9.60. The zero-order valence-corrected chi connectivity index (χ0v) is 22.5. The average molecular weight is 519 g/mol. The molecule has 0 fully saturated rings. The molecule has 6 nitrogen and oxygen atoms in total. The highest BCUT2D eigenvalue weighted by molar-refractivity contribution is 6.08. The molecule has 0 saturated heterocycles. The lowest BCUT2D eigenvalue weighted by Crippen LogP contribution is -2.30. The Morgan fingerprint density at radius 2 is 1.31 bits per heavy atom. The number of nitrogen functional groups attached to an aromatic ring is 1. The van der Waals surface area contributed by atoms with Gasteiger partial charge in [-0.05, 0) is 72.9 Å². The van der Waals surface area contributed by atoms with Crippen molar-refractivity contribution in [2.24, 2.45) is 0 Å². The zero-order chi connectivity index (χ0) is 27.8. The lowest BCUT2D eigenvalue weighted by Gasteiger charge is -2.09. The van der Waals surface area contributed by atoms with Crippen LogP contribution < -0.4 is 21.7 Å². The van der Waals surface area contributed by atoms with Gasteiger partial charge < -0.3 is 21.7 Å². The van der Waals surface area contributed by atoms with Gasteiger partial charge in [-0.1, -0.05) is 72.3 Å². The van der Waals surface area contributed by atoms with Crippen LogP contribution in [-0.4, -0.2) is 24.9 Å². The van der Waals surface area contributed by atoms with E-state index in [1.54, 1.807) is 24.3 Å². The highest BCUT2D eigenvalue weighted by Crippen LogP contribution is 2.43. The first kappa shape index (κ1) is 27.2. The van der Waals surface area contributed by atoms with Gasteiger partial charge in [0.15, 0.2) is 0 Å². The van der Waals surface area contributed by atoms with E-state index in [2.05, 4.69) is 40.2 Å². The van der Waals surface area contributed by atoms with Gasteiger partial charge in [-0.2, -0.15) is 0 Å². The Morgan fingerprint density at radius 1 is 0.744 bits per heavy atom. The van der Waals surface area contributed by atoms with E-state index in [4.69, 9.17) is 5.73 Å². The van der Waals surface area contributed by atoms with Crippen molar-refractivity contribution in [1.82, 2.24) is 10.6 Å². The van der Waals surface area contributed by atoms with Crippen LogP contribution in [-0.2, 0) is 9.59 Å². The second kappa shape index (κ2) is 12.6. The maximum Gasteiger partial charge on any atom is 0.255 e. The fraction of sp³-hybridized carbons (Fsp3) is 0.152. The molecule has 0 atom stereocenters. The summed E-state index contributed by atoms with van der Waals surface area (Å²) in [6.07, 6.45) is 7.12. The van der Waals surface area contributed by atoms with Crippen molar-refractivity contribution in [1.29, 1.82) is 0 Å². The highest BCUT2D eigenvalue weighted by Gasteiger charge is 2.22. The molecule has 1 aliphatic carbocycles. The van der Waals surface area contributed by atoms with Crippen LogP contribution in [0.1, 0.15) is 31.9 Å². The number of rotatable bonds is 9. The molecular formula is C33H34N4O2. The number of benzene rings is 3. The molecular weight excluding hydrogens is 484 g/mol. The standard InChI is InChI=1S/C33H34N4O2/c1-22(2)20-24(33(39)37-31-15-9-8-14-30(31)34)17-16-23(3)35-18-19-36-32(38)21-29-27-12-6-4-10-25(27)26-11-5-7-13-28(26)29/h4-17,20-21,35H,18-19,34H2,1-3H3,(H,36,38)(H,37,39)/b23-16+,24-17+. The number of hydrogen-bond donors (Lipinski definition) is 4. The summed E-state index contributed by atoms with van der Waals surface area (Å²) in [5.41, 5.74) is 14.8. The number of hydrogen-bond acceptors (Lipinski definition) is 4. The first-order valence-corrected chi connectivity index (χ1v) is 13.0. The van der Waals surface area contributed by atoms with Crippen molar-refractivity contribution in [2.45, 2.75) is 20.8 Å². The molecule has 0 heterocycles. The summed E-state index contributed by atoms with van der Waals surface area (Å²) in [4.78, 5) is 25.6.